The molecule has 2 rings (SSSR count). The number of hydrogen-bond acceptors (Lipinski definition) is 3. The summed E-state index contributed by atoms with van der Waals surface area (Å²) in [5, 5.41) is 15.0. The van der Waals surface area contributed by atoms with Crippen molar-refractivity contribution in [1.29, 1.82) is 0 Å². The molecule has 0 aliphatic heterocycles. The molecule has 0 spiro atoms. The van der Waals surface area contributed by atoms with E-state index in [-0.39, 0.29) is 24.0 Å². The van der Waals surface area contributed by atoms with Gasteiger partial charge in [0, 0.05) is 20.1 Å². The summed E-state index contributed by atoms with van der Waals surface area (Å²) in [4.78, 5) is 4.61. The van der Waals surface area contributed by atoms with Crippen LogP contribution in [0.4, 0.5) is 0 Å². The average Bonchev–Trinajstić information content (AvgIpc) is 3.22. The normalized spacial score (nSPS) is 14.7. The van der Waals surface area contributed by atoms with E-state index in [1.54, 1.807) is 0 Å². The summed E-state index contributed by atoms with van der Waals surface area (Å²) in [7, 11) is 1.97. The maximum absolute atomic E-state index is 4.61. The Labute approximate surface area is 144 Å². The lowest BCUT2D eigenvalue weighted by atomic mass is 10.3. The van der Waals surface area contributed by atoms with Gasteiger partial charge in [-0.2, -0.15) is 0 Å². The molecule has 0 aromatic carbocycles. The molecule has 1 aliphatic carbocycles. The van der Waals surface area contributed by atoms with Gasteiger partial charge in [-0.3, -0.25) is 0 Å². The molecular formula is C14H27IN6. The summed E-state index contributed by atoms with van der Waals surface area (Å²) in [6.07, 6.45) is 5.04. The molecule has 1 fully saturated rings. The Hall–Kier alpha value is -0.860. The molecule has 2 N–H and O–H groups in total. The number of nitrogens with zero attached hydrogens (tertiary/aromatic N) is 4. The van der Waals surface area contributed by atoms with Gasteiger partial charge in [-0.1, -0.05) is 13.3 Å². The van der Waals surface area contributed by atoms with Crippen LogP contribution >= 0.6 is 24.0 Å². The molecule has 1 heterocycles. The van der Waals surface area contributed by atoms with Crippen molar-refractivity contribution >= 4 is 29.9 Å². The van der Waals surface area contributed by atoms with E-state index < -0.39 is 0 Å². The second-order valence-electron chi connectivity index (χ2n) is 5.49. The Morgan fingerprint density at radius 1 is 1.33 bits per heavy atom. The topological polar surface area (TPSA) is 67.1 Å². The van der Waals surface area contributed by atoms with E-state index in [1.165, 1.54) is 19.3 Å². The van der Waals surface area contributed by atoms with Crippen LogP contribution in [-0.2, 0) is 13.6 Å². The van der Waals surface area contributed by atoms with Gasteiger partial charge in [0.25, 0.3) is 0 Å². The van der Waals surface area contributed by atoms with E-state index in [2.05, 4.69) is 32.7 Å². The molecule has 0 bridgehead atoms. The number of guanidine groups is 1. The van der Waals surface area contributed by atoms with E-state index in [0.29, 0.717) is 6.54 Å². The molecule has 0 saturated heterocycles. The third kappa shape index (κ3) is 6.19. The number of hydrogen-bond donors (Lipinski definition) is 2. The SMILES string of the molecule is CCCCNC(=NCc1nnc(C)n1C)NCC1CC1.I. The predicted molar refractivity (Wildman–Crippen MR) is 95.9 cm³/mol. The third-order valence-corrected chi connectivity index (χ3v) is 3.64. The number of rotatable bonds is 7. The van der Waals surface area contributed by atoms with Crippen molar-refractivity contribution in [2.24, 2.45) is 18.0 Å². The largest absolute Gasteiger partial charge is 0.356 e. The first-order valence-corrected chi connectivity index (χ1v) is 7.57. The molecule has 1 aromatic rings. The molecule has 1 aliphatic rings. The molecule has 0 atom stereocenters. The molecule has 7 heteroatoms. The fourth-order valence-corrected chi connectivity index (χ4v) is 1.86. The van der Waals surface area contributed by atoms with Crippen molar-refractivity contribution in [3.05, 3.63) is 11.6 Å². The number of halogens is 1. The number of aromatic nitrogens is 3. The molecule has 0 unspecified atom stereocenters. The molecule has 21 heavy (non-hydrogen) atoms. The van der Waals surface area contributed by atoms with Crippen LogP contribution in [-0.4, -0.2) is 33.8 Å². The van der Waals surface area contributed by atoms with Gasteiger partial charge in [-0.25, -0.2) is 4.99 Å². The Morgan fingerprint density at radius 3 is 2.67 bits per heavy atom. The summed E-state index contributed by atoms with van der Waals surface area (Å²) in [6.45, 7) is 6.69. The van der Waals surface area contributed by atoms with Crippen LogP contribution in [0.1, 0.15) is 44.3 Å². The van der Waals surface area contributed by atoms with Crippen LogP contribution in [0.2, 0.25) is 0 Å². The molecule has 0 amide bonds. The Bertz CT molecular complexity index is 452. The molecule has 6 nitrogen and oxygen atoms in total. The first-order valence-electron chi connectivity index (χ1n) is 7.57. The number of aryl methyl sites for hydroxylation is 1. The van der Waals surface area contributed by atoms with Crippen molar-refractivity contribution in [2.75, 3.05) is 13.1 Å². The van der Waals surface area contributed by atoms with Gasteiger partial charge in [0.1, 0.15) is 12.4 Å². The number of nitrogens with one attached hydrogen (secondary N) is 2. The van der Waals surface area contributed by atoms with Crippen LogP contribution in [0.15, 0.2) is 4.99 Å². The highest BCUT2D eigenvalue weighted by atomic mass is 127. The summed E-state index contributed by atoms with van der Waals surface area (Å²) in [6, 6.07) is 0. The van der Waals surface area contributed by atoms with Gasteiger partial charge in [-0.15, -0.1) is 34.2 Å². The van der Waals surface area contributed by atoms with Gasteiger partial charge in [0.05, 0.1) is 0 Å². The van der Waals surface area contributed by atoms with Crippen molar-refractivity contribution in [2.45, 2.75) is 46.1 Å². The first-order chi connectivity index (χ1) is 9.70. The van der Waals surface area contributed by atoms with Crippen molar-refractivity contribution in [3.8, 4) is 0 Å². The zero-order valence-corrected chi connectivity index (χ0v) is 15.6. The van der Waals surface area contributed by atoms with E-state index in [9.17, 15) is 0 Å². The minimum absolute atomic E-state index is 0. The van der Waals surface area contributed by atoms with Crippen molar-refractivity contribution in [3.63, 3.8) is 0 Å². The third-order valence-electron chi connectivity index (χ3n) is 3.64. The zero-order chi connectivity index (χ0) is 14.4. The standard InChI is InChI=1S/C14H26N6.HI/c1-4-5-8-15-14(16-9-12-6-7-12)17-10-13-19-18-11(2)20(13)3;/h12H,4-10H2,1-3H3,(H2,15,16,17);1H. The molecule has 0 radical (unpaired) electrons. The molecule has 1 saturated carbocycles. The van der Waals surface area contributed by atoms with E-state index in [0.717, 1.165) is 43.0 Å². The van der Waals surface area contributed by atoms with E-state index in [1.807, 2.05) is 18.5 Å². The van der Waals surface area contributed by atoms with Crippen molar-refractivity contribution in [1.82, 2.24) is 25.4 Å². The maximum atomic E-state index is 4.61. The summed E-state index contributed by atoms with van der Waals surface area (Å²) < 4.78 is 1.98. The highest BCUT2D eigenvalue weighted by molar-refractivity contribution is 14.0. The van der Waals surface area contributed by atoms with Crippen LogP contribution < -0.4 is 10.6 Å². The fraction of sp³-hybridized carbons (Fsp3) is 0.786. The Kier molecular flexibility index (Phi) is 7.98. The maximum Gasteiger partial charge on any atom is 0.191 e. The lowest BCUT2D eigenvalue weighted by Crippen LogP contribution is -2.39. The van der Waals surface area contributed by atoms with Crippen LogP contribution in [0, 0.1) is 12.8 Å². The first kappa shape index (κ1) is 18.2. The smallest absolute Gasteiger partial charge is 0.191 e. The summed E-state index contributed by atoms with van der Waals surface area (Å²) in [5.41, 5.74) is 0. The quantitative estimate of drug-likeness (QED) is 0.315. The predicted octanol–water partition coefficient (Wildman–Crippen LogP) is 1.99. The fourth-order valence-electron chi connectivity index (χ4n) is 1.86. The zero-order valence-electron chi connectivity index (χ0n) is 13.2. The summed E-state index contributed by atoms with van der Waals surface area (Å²) >= 11 is 0. The van der Waals surface area contributed by atoms with E-state index in [4.69, 9.17) is 0 Å². The lowest BCUT2D eigenvalue weighted by Gasteiger charge is -2.11. The van der Waals surface area contributed by atoms with Crippen molar-refractivity contribution < 1.29 is 0 Å². The minimum Gasteiger partial charge on any atom is -0.356 e. The minimum atomic E-state index is 0. The highest BCUT2D eigenvalue weighted by Gasteiger charge is 2.21. The second-order valence-corrected chi connectivity index (χ2v) is 5.49. The van der Waals surface area contributed by atoms with E-state index >= 15 is 0 Å². The Morgan fingerprint density at radius 2 is 2.10 bits per heavy atom. The van der Waals surface area contributed by atoms with Gasteiger partial charge in [0.2, 0.25) is 0 Å². The molecule has 1 aromatic heterocycles. The second kappa shape index (κ2) is 9.22. The number of aliphatic imine (C=N–C) groups is 1. The Balaban J connectivity index is 0.00000220. The molecule has 120 valence electrons. The molecular weight excluding hydrogens is 379 g/mol. The van der Waals surface area contributed by atoms with Gasteiger partial charge < -0.3 is 15.2 Å². The summed E-state index contributed by atoms with van der Waals surface area (Å²) in [5.74, 6) is 3.54. The van der Waals surface area contributed by atoms with Gasteiger partial charge in [-0.05, 0) is 32.1 Å². The lowest BCUT2D eigenvalue weighted by molar-refractivity contribution is 0.696. The van der Waals surface area contributed by atoms with Crippen LogP contribution in [0.3, 0.4) is 0 Å². The van der Waals surface area contributed by atoms with Gasteiger partial charge >= 0.3 is 0 Å². The van der Waals surface area contributed by atoms with Gasteiger partial charge in [0.15, 0.2) is 11.8 Å². The highest BCUT2D eigenvalue weighted by Crippen LogP contribution is 2.27. The van der Waals surface area contributed by atoms with Crippen LogP contribution in [0.25, 0.3) is 0 Å². The van der Waals surface area contributed by atoms with Crippen LogP contribution in [0.5, 0.6) is 0 Å². The average molecular weight is 406 g/mol. The number of unbranched alkanes of at least 4 members (excludes halogenated alkanes) is 1. The monoisotopic (exact) mass is 406 g/mol.